The van der Waals surface area contributed by atoms with Crippen molar-refractivity contribution in [3.63, 3.8) is 0 Å². The topological polar surface area (TPSA) is 90.2 Å². The highest BCUT2D eigenvalue weighted by atomic mass is 16.6. The van der Waals surface area contributed by atoms with Gasteiger partial charge in [0.1, 0.15) is 11.4 Å². The van der Waals surface area contributed by atoms with E-state index in [1.807, 2.05) is 0 Å². The van der Waals surface area contributed by atoms with Crippen LogP contribution < -0.4 is 0 Å². The van der Waals surface area contributed by atoms with E-state index in [-0.39, 0.29) is 17.1 Å². The van der Waals surface area contributed by atoms with Crippen molar-refractivity contribution in [2.24, 2.45) is 0 Å². The normalized spacial score (nSPS) is 9.23. The predicted octanol–water partition coefficient (Wildman–Crippen LogP) is 0.615. The van der Waals surface area contributed by atoms with Crippen LogP contribution >= 0.6 is 0 Å². The second-order valence-electron chi connectivity index (χ2n) is 2.17. The molecule has 13 heavy (non-hydrogen) atoms. The van der Waals surface area contributed by atoms with Crippen LogP contribution in [0.1, 0.15) is 21.0 Å². The predicted molar refractivity (Wildman–Crippen MR) is 41.7 cm³/mol. The van der Waals surface area contributed by atoms with Crippen LogP contribution in [-0.2, 0) is 0 Å². The zero-order valence-corrected chi connectivity index (χ0v) is 6.34. The highest BCUT2D eigenvalue weighted by Gasteiger charge is 2.09. The molecule has 0 amide bonds. The quantitative estimate of drug-likeness (QED) is 0.386. The molecule has 0 saturated carbocycles. The number of carbonyl (C=O) groups is 2. The van der Waals surface area contributed by atoms with Crippen molar-refractivity contribution in [3.8, 4) is 0 Å². The van der Waals surface area contributed by atoms with Gasteiger partial charge in [-0.05, 0) is 0 Å². The summed E-state index contributed by atoms with van der Waals surface area (Å²) in [4.78, 5) is 33.6. The van der Waals surface area contributed by atoms with Gasteiger partial charge in [-0.1, -0.05) is 0 Å². The lowest BCUT2D eigenvalue weighted by atomic mass is 10.3. The highest BCUT2D eigenvalue weighted by molar-refractivity contribution is 5.78. The van der Waals surface area contributed by atoms with Crippen molar-refractivity contribution in [3.05, 3.63) is 33.6 Å². The minimum Gasteiger partial charge on any atom is -0.296 e. The molecule has 0 aliphatic rings. The van der Waals surface area contributed by atoms with Crippen molar-refractivity contribution >= 4 is 18.3 Å². The molecular weight excluding hydrogens is 176 g/mol. The average molecular weight is 180 g/mol. The third-order valence-corrected chi connectivity index (χ3v) is 1.30. The van der Waals surface area contributed by atoms with E-state index in [1.54, 1.807) is 0 Å². The van der Waals surface area contributed by atoms with Crippen molar-refractivity contribution < 1.29 is 14.5 Å². The number of nitrogens with zero attached hydrogens (tertiary/aromatic N) is 2. The van der Waals surface area contributed by atoms with Gasteiger partial charge in [0.25, 0.3) is 5.69 Å². The maximum Gasteiger partial charge on any atom is 0.273 e. The fourth-order valence-electron chi connectivity index (χ4n) is 0.784. The lowest BCUT2D eigenvalue weighted by Gasteiger charge is -1.93. The maximum atomic E-state index is 10.3. The Morgan fingerprint density at radius 1 is 1.23 bits per heavy atom. The summed E-state index contributed by atoms with van der Waals surface area (Å²) in [7, 11) is 0. The molecule has 0 bridgehead atoms. The van der Waals surface area contributed by atoms with Crippen LogP contribution in [0.15, 0.2) is 12.1 Å². The van der Waals surface area contributed by atoms with E-state index >= 15 is 0 Å². The molecule has 1 heterocycles. The van der Waals surface area contributed by atoms with Crippen molar-refractivity contribution in [2.75, 3.05) is 0 Å². The Labute approximate surface area is 72.4 Å². The van der Waals surface area contributed by atoms with Gasteiger partial charge in [0, 0.05) is 12.1 Å². The highest BCUT2D eigenvalue weighted by Crippen LogP contribution is 2.11. The number of aromatic nitrogens is 1. The van der Waals surface area contributed by atoms with Gasteiger partial charge >= 0.3 is 0 Å². The van der Waals surface area contributed by atoms with Crippen LogP contribution in [0.5, 0.6) is 0 Å². The van der Waals surface area contributed by atoms with Crippen LogP contribution in [0.3, 0.4) is 0 Å². The molecule has 0 atom stereocenters. The molecule has 0 unspecified atom stereocenters. The Balaban J connectivity index is 3.30. The van der Waals surface area contributed by atoms with Gasteiger partial charge in [-0.25, -0.2) is 4.98 Å². The minimum absolute atomic E-state index is 0.128. The lowest BCUT2D eigenvalue weighted by molar-refractivity contribution is -0.385. The second kappa shape index (κ2) is 3.53. The van der Waals surface area contributed by atoms with Gasteiger partial charge < -0.3 is 0 Å². The first-order valence-corrected chi connectivity index (χ1v) is 3.24. The maximum absolute atomic E-state index is 10.3. The third kappa shape index (κ3) is 1.92. The molecule has 66 valence electrons. The van der Waals surface area contributed by atoms with E-state index in [0.717, 1.165) is 12.1 Å². The van der Waals surface area contributed by atoms with Gasteiger partial charge in [-0.3, -0.25) is 19.7 Å². The number of rotatable bonds is 3. The van der Waals surface area contributed by atoms with Gasteiger partial charge in [-0.2, -0.15) is 0 Å². The Hall–Kier alpha value is -2.11. The molecule has 0 aliphatic heterocycles. The van der Waals surface area contributed by atoms with Crippen LogP contribution in [0.25, 0.3) is 0 Å². The Kier molecular flexibility index (Phi) is 2.44. The largest absolute Gasteiger partial charge is 0.296 e. The van der Waals surface area contributed by atoms with E-state index in [4.69, 9.17) is 0 Å². The molecule has 1 aromatic rings. The van der Waals surface area contributed by atoms with E-state index in [1.165, 1.54) is 0 Å². The smallest absolute Gasteiger partial charge is 0.273 e. The molecule has 6 nitrogen and oxygen atoms in total. The van der Waals surface area contributed by atoms with E-state index < -0.39 is 4.92 Å². The summed E-state index contributed by atoms with van der Waals surface area (Å²) in [6, 6.07) is 2.00. The fourth-order valence-corrected chi connectivity index (χ4v) is 0.784. The zero-order valence-electron chi connectivity index (χ0n) is 6.34. The summed E-state index contributed by atoms with van der Waals surface area (Å²) < 4.78 is 0. The second-order valence-corrected chi connectivity index (χ2v) is 2.17. The molecule has 1 rings (SSSR count). The zero-order chi connectivity index (χ0) is 9.84. The van der Waals surface area contributed by atoms with Crippen LogP contribution in [-0.4, -0.2) is 22.5 Å². The molecule has 0 radical (unpaired) electrons. The minimum atomic E-state index is -0.693. The first-order valence-electron chi connectivity index (χ1n) is 3.24. The summed E-state index contributed by atoms with van der Waals surface area (Å²) in [5, 5.41) is 10.3. The summed E-state index contributed by atoms with van der Waals surface area (Å²) in [6.45, 7) is 0. The van der Waals surface area contributed by atoms with E-state index in [2.05, 4.69) is 4.98 Å². The van der Waals surface area contributed by atoms with E-state index in [0.29, 0.717) is 12.6 Å². The summed E-state index contributed by atoms with van der Waals surface area (Å²) >= 11 is 0. The van der Waals surface area contributed by atoms with Gasteiger partial charge in [0.05, 0.1) is 4.92 Å². The number of pyridine rings is 1. The summed E-state index contributed by atoms with van der Waals surface area (Å²) in [5.74, 6) is 0. The molecule has 6 heteroatoms. The van der Waals surface area contributed by atoms with E-state index in [9.17, 15) is 19.7 Å². The number of nitro groups is 1. The molecule has 0 N–H and O–H groups in total. The molecule has 0 aromatic carbocycles. The van der Waals surface area contributed by atoms with Crippen molar-refractivity contribution in [1.82, 2.24) is 4.98 Å². The SMILES string of the molecule is O=Cc1cc([N+](=O)[O-])cc(C=O)n1. The van der Waals surface area contributed by atoms with Crippen LogP contribution in [0.4, 0.5) is 5.69 Å². The Bertz CT molecular complexity index is 349. The first kappa shape index (κ1) is 8.98. The monoisotopic (exact) mass is 180 g/mol. The summed E-state index contributed by atoms with van der Waals surface area (Å²) in [6.07, 6.45) is 0.694. The molecule has 0 saturated heterocycles. The number of carbonyl (C=O) groups excluding carboxylic acids is 2. The van der Waals surface area contributed by atoms with Gasteiger partial charge in [-0.15, -0.1) is 0 Å². The Morgan fingerprint density at radius 3 is 2.00 bits per heavy atom. The first-order chi connectivity index (χ1) is 6.17. The number of hydrogen-bond donors (Lipinski definition) is 0. The average Bonchev–Trinajstić information content (AvgIpc) is 2.16. The van der Waals surface area contributed by atoms with Gasteiger partial charge in [0.15, 0.2) is 12.6 Å². The molecular formula is C7H4N2O4. The van der Waals surface area contributed by atoms with Crippen LogP contribution in [0, 0.1) is 10.1 Å². The lowest BCUT2D eigenvalue weighted by Crippen LogP contribution is -1.97. The third-order valence-electron chi connectivity index (χ3n) is 1.30. The number of aldehydes is 2. The number of hydrogen-bond acceptors (Lipinski definition) is 5. The van der Waals surface area contributed by atoms with Gasteiger partial charge in [0.2, 0.25) is 0 Å². The molecule has 0 fully saturated rings. The molecule has 0 aliphatic carbocycles. The van der Waals surface area contributed by atoms with Crippen molar-refractivity contribution in [1.29, 1.82) is 0 Å². The van der Waals surface area contributed by atoms with Crippen LogP contribution in [0.2, 0.25) is 0 Å². The fraction of sp³-hybridized carbons (Fsp3) is 0. The molecule has 0 spiro atoms. The molecule has 1 aromatic heterocycles. The standard InChI is InChI=1S/C7H4N2O4/c10-3-5-1-7(9(12)13)2-6(4-11)8-5/h1-4H. The Morgan fingerprint density at radius 2 is 1.69 bits per heavy atom. The summed E-state index contributed by atoms with van der Waals surface area (Å²) in [5.41, 5.74) is -0.577. The van der Waals surface area contributed by atoms with Crippen molar-refractivity contribution in [2.45, 2.75) is 0 Å².